The molecule has 14 heavy (non-hydrogen) atoms. The Morgan fingerprint density at radius 3 is 2.86 bits per heavy atom. The molecule has 1 aromatic rings. The van der Waals surface area contributed by atoms with Crippen molar-refractivity contribution in [3.63, 3.8) is 0 Å². The van der Waals surface area contributed by atoms with E-state index in [-0.39, 0.29) is 5.69 Å². The maximum absolute atomic E-state index is 11.1. The molecule has 0 saturated heterocycles. The summed E-state index contributed by atoms with van der Waals surface area (Å²) in [4.78, 5) is 11.1. The SMILES string of the molecule is C=CCCOCCn1c(=O)[nH][nH]c1=S. The monoisotopic (exact) mass is 215 g/mol. The fraction of sp³-hybridized carbons (Fsp3) is 0.500. The number of ether oxygens (including phenoxy) is 1. The van der Waals surface area contributed by atoms with Crippen LogP contribution in [0, 0.1) is 4.77 Å². The van der Waals surface area contributed by atoms with Gasteiger partial charge in [0.25, 0.3) is 0 Å². The van der Waals surface area contributed by atoms with Crippen LogP contribution in [0.3, 0.4) is 0 Å². The highest BCUT2D eigenvalue weighted by Crippen LogP contribution is 1.86. The van der Waals surface area contributed by atoms with Crippen LogP contribution in [-0.4, -0.2) is 28.0 Å². The second-order valence-corrected chi connectivity index (χ2v) is 3.09. The molecule has 2 N–H and O–H groups in total. The molecule has 0 aromatic carbocycles. The van der Waals surface area contributed by atoms with Gasteiger partial charge in [0.2, 0.25) is 0 Å². The second-order valence-electron chi connectivity index (χ2n) is 2.70. The van der Waals surface area contributed by atoms with Crippen LogP contribution in [0.15, 0.2) is 17.4 Å². The van der Waals surface area contributed by atoms with Crippen molar-refractivity contribution in [3.05, 3.63) is 27.9 Å². The van der Waals surface area contributed by atoms with E-state index in [4.69, 9.17) is 17.0 Å². The smallest absolute Gasteiger partial charge is 0.342 e. The van der Waals surface area contributed by atoms with Gasteiger partial charge in [-0.25, -0.2) is 9.89 Å². The Hall–Kier alpha value is -1.14. The Labute approximate surface area is 86.4 Å². The minimum Gasteiger partial charge on any atom is -0.379 e. The molecule has 5 nitrogen and oxygen atoms in total. The van der Waals surface area contributed by atoms with Gasteiger partial charge in [0.05, 0.1) is 19.8 Å². The van der Waals surface area contributed by atoms with E-state index in [1.807, 2.05) is 0 Å². The average molecular weight is 215 g/mol. The molecule has 1 rings (SSSR count). The maximum atomic E-state index is 11.1. The predicted molar refractivity (Wildman–Crippen MR) is 55.9 cm³/mol. The van der Waals surface area contributed by atoms with Gasteiger partial charge in [-0.05, 0) is 18.6 Å². The Bertz CT molecular complexity index is 362. The van der Waals surface area contributed by atoms with Gasteiger partial charge in [-0.3, -0.25) is 9.67 Å². The number of aromatic amines is 2. The highest BCUT2D eigenvalue weighted by molar-refractivity contribution is 7.71. The third kappa shape index (κ3) is 2.97. The summed E-state index contributed by atoms with van der Waals surface area (Å²) in [5.41, 5.74) is -0.234. The topological polar surface area (TPSA) is 62.8 Å². The number of hydrogen-bond donors (Lipinski definition) is 2. The minimum atomic E-state index is -0.234. The maximum Gasteiger partial charge on any atom is 0.342 e. The van der Waals surface area contributed by atoms with Crippen LogP contribution < -0.4 is 5.69 Å². The van der Waals surface area contributed by atoms with Crippen molar-refractivity contribution in [2.24, 2.45) is 0 Å². The van der Waals surface area contributed by atoms with E-state index in [2.05, 4.69) is 16.8 Å². The zero-order valence-corrected chi connectivity index (χ0v) is 8.60. The van der Waals surface area contributed by atoms with Gasteiger partial charge in [0.1, 0.15) is 0 Å². The Balaban J connectivity index is 2.35. The van der Waals surface area contributed by atoms with Crippen LogP contribution in [0.5, 0.6) is 0 Å². The predicted octanol–water partition coefficient (Wildman–Crippen LogP) is 0.827. The molecule has 0 aliphatic carbocycles. The van der Waals surface area contributed by atoms with Crippen molar-refractivity contribution in [2.45, 2.75) is 13.0 Å². The van der Waals surface area contributed by atoms with E-state index in [1.165, 1.54) is 4.57 Å². The third-order valence-corrected chi connectivity index (χ3v) is 2.01. The summed E-state index contributed by atoms with van der Waals surface area (Å²) < 4.78 is 7.06. The molecule has 0 aliphatic heterocycles. The van der Waals surface area contributed by atoms with Crippen molar-refractivity contribution < 1.29 is 4.74 Å². The Morgan fingerprint density at radius 2 is 2.29 bits per heavy atom. The fourth-order valence-electron chi connectivity index (χ4n) is 0.962. The molecule has 0 radical (unpaired) electrons. The normalized spacial score (nSPS) is 10.3. The quantitative estimate of drug-likeness (QED) is 0.419. The second kappa shape index (κ2) is 5.56. The van der Waals surface area contributed by atoms with Crippen molar-refractivity contribution in [3.8, 4) is 0 Å². The molecule has 0 amide bonds. The van der Waals surface area contributed by atoms with E-state index >= 15 is 0 Å². The highest BCUT2D eigenvalue weighted by Gasteiger charge is 1.98. The van der Waals surface area contributed by atoms with Crippen LogP contribution >= 0.6 is 12.2 Å². The van der Waals surface area contributed by atoms with Crippen LogP contribution in [0.2, 0.25) is 0 Å². The van der Waals surface area contributed by atoms with E-state index in [0.717, 1.165) is 6.42 Å². The number of hydrogen-bond acceptors (Lipinski definition) is 3. The van der Waals surface area contributed by atoms with Gasteiger partial charge in [-0.2, -0.15) is 0 Å². The summed E-state index contributed by atoms with van der Waals surface area (Å²) in [5, 5.41) is 4.95. The summed E-state index contributed by atoms with van der Waals surface area (Å²) in [6.45, 7) is 5.14. The van der Waals surface area contributed by atoms with Crippen LogP contribution in [0.1, 0.15) is 6.42 Å². The molecule has 78 valence electrons. The molecule has 0 bridgehead atoms. The van der Waals surface area contributed by atoms with Crippen molar-refractivity contribution in [2.75, 3.05) is 13.2 Å². The van der Waals surface area contributed by atoms with Gasteiger partial charge in [-0.1, -0.05) is 6.08 Å². The molecule has 0 spiro atoms. The van der Waals surface area contributed by atoms with Crippen molar-refractivity contribution >= 4 is 12.2 Å². The summed E-state index contributed by atoms with van der Waals surface area (Å²) in [6, 6.07) is 0. The number of rotatable bonds is 6. The third-order valence-electron chi connectivity index (χ3n) is 1.69. The van der Waals surface area contributed by atoms with Gasteiger partial charge in [0.15, 0.2) is 4.77 Å². The van der Waals surface area contributed by atoms with Crippen LogP contribution in [0.25, 0.3) is 0 Å². The molecular weight excluding hydrogens is 202 g/mol. The van der Waals surface area contributed by atoms with Gasteiger partial charge < -0.3 is 4.74 Å². The van der Waals surface area contributed by atoms with Crippen LogP contribution in [0.4, 0.5) is 0 Å². The van der Waals surface area contributed by atoms with E-state index in [0.29, 0.717) is 24.5 Å². The van der Waals surface area contributed by atoms with Gasteiger partial charge in [0, 0.05) is 0 Å². The molecule has 6 heteroatoms. The van der Waals surface area contributed by atoms with E-state index in [1.54, 1.807) is 6.08 Å². The average Bonchev–Trinajstić information content (AvgIpc) is 2.48. The summed E-state index contributed by atoms with van der Waals surface area (Å²) >= 11 is 4.88. The summed E-state index contributed by atoms with van der Waals surface area (Å²) in [6.07, 6.45) is 2.60. The molecule has 0 atom stereocenters. The highest BCUT2D eigenvalue weighted by atomic mass is 32.1. The zero-order chi connectivity index (χ0) is 10.4. The summed E-state index contributed by atoms with van der Waals surface area (Å²) in [7, 11) is 0. The van der Waals surface area contributed by atoms with Gasteiger partial charge in [-0.15, -0.1) is 6.58 Å². The lowest BCUT2D eigenvalue weighted by Gasteiger charge is -2.01. The molecular formula is C8H13N3O2S. The zero-order valence-electron chi connectivity index (χ0n) is 7.78. The van der Waals surface area contributed by atoms with Crippen molar-refractivity contribution in [1.82, 2.24) is 14.8 Å². The van der Waals surface area contributed by atoms with Crippen molar-refractivity contribution in [1.29, 1.82) is 0 Å². The number of H-pyrrole nitrogens is 2. The van der Waals surface area contributed by atoms with Crippen LogP contribution in [-0.2, 0) is 11.3 Å². The molecule has 1 heterocycles. The molecule has 0 unspecified atom stereocenters. The lowest BCUT2D eigenvalue weighted by Crippen LogP contribution is -2.19. The largest absolute Gasteiger partial charge is 0.379 e. The first kappa shape index (κ1) is 10.9. The number of aromatic nitrogens is 3. The Kier molecular flexibility index (Phi) is 4.34. The Morgan fingerprint density at radius 1 is 1.50 bits per heavy atom. The first-order chi connectivity index (χ1) is 6.75. The standard InChI is InChI=1S/C8H13N3O2S/c1-2-3-5-13-6-4-11-7(12)9-10-8(11)14/h2H,1,3-6H2,(H,9,12)(H,10,14). The first-order valence-electron chi connectivity index (χ1n) is 4.32. The summed E-state index contributed by atoms with van der Waals surface area (Å²) in [5.74, 6) is 0. The first-order valence-corrected chi connectivity index (χ1v) is 4.72. The van der Waals surface area contributed by atoms with Gasteiger partial charge >= 0.3 is 5.69 Å². The fourth-order valence-corrected chi connectivity index (χ4v) is 1.19. The van der Waals surface area contributed by atoms with E-state index < -0.39 is 0 Å². The molecule has 1 aromatic heterocycles. The minimum absolute atomic E-state index is 0.234. The number of nitrogens with one attached hydrogen (secondary N) is 2. The lowest BCUT2D eigenvalue weighted by molar-refractivity contribution is 0.129. The molecule has 0 fully saturated rings. The molecule has 0 saturated carbocycles. The van der Waals surface area contributed by atoms with E-state index in [9.17, 15) is 4.79 Å². The lowest BCUT2D eigenvalue weighted by atomic mass is 10.4. The number of nitrogens with zero attached hydrogens (tertiary/aromatic N) is 1. The molecule has 0 aliphatic rings.